The van der Waals surface area contributed by atoms with Gasteiger partial charge in [0.2, 0.25) is 0 Å². The minimum Gasteiger partial charge on any atom is -0.463 e. The first-order valence-corrected chi connectivity index (χ1v) is 38.7. The maximum absolute atomic E-state index is 14.0. The van der Waals surface area contributed by atoms with Crippen LogP contribution in [-0.2, 0) is 33.3 Å². The van der Waals surface area contributed by atoms with E-state index in [2.05, 4.69) is 86.5 Å². The highest BCUT2D eigenvalue weighted by molar-refractivity contribution is 5.86. The molecule has 1 heterocycles. The summed E-state index contributed by atoms with van der Waals surface area (Å²) < 4.78 is 30.4. The van der Waals surface area contributed by atoms with Gasteiger partial charge >= 0.3 is 18.0 Å². The van der Waals surface area contributed by atoms with Gasteiger partial charge in [-0.2, -0.15) is 0 Å². The van der Waals surface area contributed by atoms with Crippen LogP contribution >= 0.6 is 0 Å². The van der Waals surface area contributed by atoms with Gasteiger partial charge in [-0.05, 0) is 129 Å². The van der Waals surface area contributed by atoms with E-state index in [1.54, 1.807) is 0 Å². The maximum Gasteiger partial charge on any atom is 0.407 e. The fourth-order valence-corrected chi connectivity index (χ4v) is 11.9. The van der Waals surface area contributed by atoms with Crippen molar-refractivity contribution in [3.8, 4) is 0 Å². The van der Waals surface area contributed by atoms with Gasteiger partial charge in [-0.25, -0.2) is 9.59 Å². The first kappa shape index (κ1) is 84.1. The minimum absolute atomic E-state index is 0.0197. The number of carbonyl (C=O) groups excluding carboxylic acids is 3. The fourth-order valence-electron chi connectivity index (χ4n) is 11.9. The molecule has 1 amide bonds. The number of nitrogens with one attached hydrogen (secondary N) is 1. The van der Waals surface area contributed by atoms with E-state index in [1.165, 1.54) is 231 Å². The van der Waals surface area contributed by atoms with Gasteiger partial charge in [0.15, 0.2) is 0 Å². The second kappa shape index (κ2) is 69.4. The van der Waals surface area contributed by atoms with Gasteiger partial charge in [-0.3, -0.25) is 9.69 Å². The number of nitrogens with zero attached hydrogens (tertiary/aromatic N) is 1. The number of unbranched alkanes of at least 4 members (excludes halogenated alkanes) is 40. The highest BCUT2D eigenvalue weighted by atomic mass is 16.6. The van der Waals surface area contributed by atoms with Crippen molar-refractivity contribution >= 4 is 18.0 Å². The van der Waals surface area contributed by atoms with Crippen LogP contribution in [0.5, 0.6) is 0 Å². The largest absolute Gasteiger partial charge is 0.463 e. The Bertz CT molecular complexity index is 1580. The first-order chi connectivity index (χ1) is 43.9. The minimum atomic E-state index is -1.24. The van der Waals surface area contributed by atoms with Gasteiger partial charge in [0.1, 0.15) is 31.5 Å². The molecule has 0 radical (unpaired) electrons. The third-order valence-corrected chi connectivity index (χ3v) is 17.7. The summed E-state index contributed by atoms with van der Waals surface area (Å²) in [6.07, 6.45) is 79.7. The second-order valence-electron chi connectivity index (χ2n) is 26.4. The SMILES string of the molecule is CCCCC/C=C/C/C=C/CCCCCCCCC(CCCCCCCC/C=C/C/C=C/CCCCC)OC(=O)CC(NC(=O)OCC(COCCCCCCCCCCCCCC)OCCCCCCCCCCCCCC)C(=O)OCCN1CCCC1. The van der Waals surface area contributed by atoms with Gasteiger partial charge in [0.05, 0.1) is 13.0 Å². The number of ether oxygens (including phenoxy) is 5. The molecular weight excluding hydrogens is 1100 g/mol. The predicted molar refractivity (Wildman–Crippen MR) is 380 cm³/mol. The summed E-state index contributed by atoms with van der Waals surface area (Å²) in [4.78, 5) is 43.8. The molecule has 2 atom stereocenters. The van der Waals surface area contributed by atoms with Crippen LogP contribution in [-0.4, -0.2) is 93.9 Å². The Morgan fingerprint density at radius 1 is 0.393 bits per heavy atom. The molecule has 0 aromatic rings. The van der Waals surface area contributed by atoms with Crippen molar-refractivity contribution in [2.75, 3.05) is 52.7 Å². The van der Waals surface area contributed by atoms with E-state index >= 15 is 0 Å². The molecule has 0 bridgehead atoms. The molecule has 0 aliphatic carbocycles. The summed E-state index contributed by atoms with van der Waals surface area (Å²) >= 11 is 0. The summed E-state index contributed by atoms with van der Waals surface area (Å²) in [6, 6.07) is -1.24. The summed E-state index contributed by atoms with van der Waals surface area (Å²) in [5, 5.41) is 2.73. The van der Waals surface area contributed by atoms with E-state index in [9.17, 15) is 14.4 Å². The lowest BCUT2D eigenvalue weighted by atomic mass is 10.0. The van der Waals surface area contributed by atoms with Crippen LogP contribution in [0.3, 0.4) is 0 Å². The number of amides is 1. The number of hydrogen-bond donors (Lipinski definition) is 1. The number of alkyl carbamates (subject to hydrolysis) is 1. The van der Waals surface area contributed by atoms with Crippen molar-refractivity contribution < 1.29 is 38.1 Å². The van der Waals surface area contributed by atoms with E-state index in [0.29, 0.717) is 26.4 Å². The summed E-state index contributed by atoms with van der Waals surface area (Å²) in [5.41, 5.74) is 0. The Morgan fingerprint density at radius 3 is 1.20 bits per heavy atom. The lowest BCUT2D eigenvalue weighted by Crippen LogP contribution is -2.45. The molecular formula is C79H146N2O8. The van der Waals surface area contributed by atoms with Crippen molar-refractivity contribution in [1.82, 2.24) is 10.2 Å². The third-order valence-electron chi connectivity index (χ3n) is 17.7. The number of allylic oxidation sites excluding steroid dienone is 8. The Morgan fingerprint density at radius 2 is 0.764 bits per heavy atom. The predicted octanol–water partition coefficient (Wildman–Crippen LogP) is 23.2. The maximum atomic E-state index is 14.0. The lowest BCUT2D eigenvalue weighted by Gasteiger charge is -2.22. The van der Waals surface area contributed by atoms with Crippen LogP contribution in [0.1, 0.15) is 368 Å². The quantitative estimate of drug-likeness (QED) is 0.0275. The van der Waals surface area contributed by atoms with Crippen LogP contribution in [0.15, 0.2) is 48.6 Å². The Labute approximate surface area is 551 Å². The van der Waals surface area contributed by atoms with Crippen LogP contribution < -0.4 is 5.32 Å². The van der Waals surface area contributed by atoms with E-state index in [0.717, 1.165) is 116 Å². The molecule has 1 rings (SSSR count). The molecule has 10 heteroatoms. The molecule has 0 spiro atoms. The topological polar surface area (TPSA) is 113 Å². The molecule has 10 nitrogen and oxygen atoms in total. The van der Waals surface area contributed by atoms with Gasteiger partial charge < -0.3 is 29.0 Å². The van der Waals surface area contributed by atoms with Crippen LogP contribution in [0.25, 0.3) is 0 Å². The van der Waals surface area contributed by atoms with Gasteiger partial charge in [-0.1, -0.05) is 295 Å². The molecule has 520 valence electrons. The molecule has 1 N–H and O–H groups in total. The zero-order valence-corrected chi connectivity index (χ0v) is 59.2. The molecule has 1 saturated heterocycles. The van der Waals surface area contributed by atoms with Gasteiger partial charge in [0, 0.05) is 19.8 Å². The number of carbonyl (C=O) groups is 3. The number of rotatable bonds is 69. The van der Waals surface area contributed by atoms with Crippen molar-refractivity contribution in [1.29, 1.82) is 0 Å². The van der Waals surface area contributed by atoms with Crippen LogP contribution in [0.2, 0.25) is 0 Å². The number of likely N-dealkylation sites (tertiary alicyclic amines) is 1. The first-order valence-electron chi connectivity index (χ1n) is 38.7. The average molecular weight is 1250 g/mol. The van der Waals surface area contributed by atoms with Crippen molar-refractivity contribution in [2.45, 2.75) is 386 Å². The molecule has 1 aliphatic rings. The Hall–Kier alpha value is -2.95. The molecule has 89 heavy (non-hydrogen) atoms. The van der Waals surface area contributed by atoms with E-state index in [4.69, 9.17) is 23.7 Å². The molecule has 0 saturated carbocycles. The Balaban J connectivity index is 2.89. The van der Waals surface area contributed by atoms with Crippen molar-refractivity contribution in [2.24, 2.45) is 0 Å². The lowest BCUT2D eigenvalue weighted by molar-refractivity contribution is -0.156. The highest BCUT2D eigenvalue weighted by Gasteiger charge is 2.29. The average Bonchev–Trinajstić information content (AvgIpc) is 4.12. The summed E-state index contributed by atoms with van der Waals surface area (Å²) in [5.74, 6) is -1.14. The van der Waals surface area contributed by atoms with E-state index < -0.39 is 30.2 Å². The molecule has 1 aliphatic heterocycles. The summed E-state index contributed by atoms with van der Waals surface area (Å²) in [6.45, 7) is 13.3. The molecule has 0 aromatic heterocycles. The molecule has 2 unspecified atom stereocenters. The fraction of sp³-hybridized carbons (Fsp3) is 0.861. The molecule has 1 fully saturated rings. The monoisotopic (exact) mass is 1250 g/mol. The normalized spacial score (nSPS) is 13.8. The second-order valence-corrected chi connectivity index (χ2v) is 26.4. The van der Waals surface area contributed by atoms with Gasteiger partial charge in [0.25, 0.3) is 0 Å². The van der Waals surface area contributed by atoms with Crippen molar-refractivity contribution in [3.05, 3.63) is 48.6 Å². The third kappa shape index (κ3) is 61.0. The zero-order chi connectivity index (χ0) is 64.1. The summed E-state index contributed by atoms with van der Waals surface area (Å²) in [7, 11) is 0. The number of esters is 2. The zero-order valence-electron chi connectivity index (χ0n) is 59.2. The van der Waals surface area contributed by atoms with Gasteiger partial charge in [-0.15, -0.1) is 0 Å². The van der Waals surface area contributed by atoms with Crippen LogP contribution in [0.4, 0.5) is 4.79 Å². The number of hydrogen-bond acceptors (Lipinski definition) is 9. The van der Waals surface area contributed by atoms with Crippen molar-refractivity contribution in [3.63, 3.8) is 0 Å². The van der Waals surface area contributed by atoms with Crippen LogP contribution in [0, 0.1) is 0 Å². The highest BCUT2D eigenvalue weighted by Crippen LogP contribution is 2.20. The van der Waals surface area contributed by atoms with E-state index in [-0.39, 0.29) is 25.7 Å². The Kier molecular flexibility index (Phi) is 65.5. The standard InChI is InChI=1S/C79H146N2O8/c1-5-9-13-17-21-25-29-33-35-37-39-41-45-49-53-57-63-74(64-58-54-50-46-42-40-38-36-34-30-26-22-18-14-10-6-2)89-77(82)71-76(78(83)87-70-67-81-65-59-60-66-81)80-79(84)88-73-75(86-69-62-56-52-48-44-32-28-24-20-16-12-8-4)72-85-68-61-55-51-47-43-31-27-23-19-15-11-7-3/h21-22,25-26,33-36,74-76H,5-20,23-24,27-32,37-73H2,1-4H3,(H,80,84)/b25-21+,26-22+,35-33+,36-34+. The molecule has 0 aromatic carbocycles. The smallest absolute Gasteiger partial charge is 0.407 e. The van der Waals surface area contributed by atoms with E-state index in [1.807, 2.05) is 0 Å².